The van der Waals surface area contributed by atoms with Gasteiger partial charge in [0.05, 0.1) is 13.2 Å². The van der Waals surface area contributed by atoms with Crippen LogP contribution in [0.3, 0.4) is 0 Å². The van der Waals surface area contributed by atoms with E-state index in [0.29, 0.717) is 24.7 Å². The van der Waals surface area contributed by atoms with E-state index < -0.39 is 0 Å². The lowest BCUT2D eigenvalue weighted by atomic mass is 10.2. The number of aromatic nitrogens is 1. The average Bonchev–Trinajstić information content (AvgIpc) is 3.05. The lowest BCUT2D eigenvalue weighted by Crippen LogP contribution is -2.36. The summed E-state index contributed by atoms with van der Waals surface area (Å²) in [5.74, 6) is 1.51. The number of hydrogen-bond acceptors (Lipinski definition) is 4. The summed E-state index contributed by atoms with van der Waals surface area (Å²) in [6.45, 7) is 5.95. The molecule has 2 aromatic rings. The van der Waals surface area contributed by atoms with Gasteiger partial charge in [-0.2, -0.15) is 0 Å². The van der Waals surface area contributed by atoms with Crippen LogP contribution >= 0.6 is 22.9 Å². The summed E-state index contributed by atoms with van der Waals surface area (Å²) in [5, 5.41) is 8.28. The molecule has 0 aliphatic carbocycles. The highest BCUT2D eigenvalue weighted by Gasteiger charge is 2.07. The van der Waals surface area contributed by atoms with Crippen molar-refractivity contribution in [2.24, 2.45) is 4.99 Å². The molecule has 0 aliphatic rings. The largest absolute Gasteiger partial charge is 0.493 e. The zero-order chi connectivity index (χ0) is 17.4. The number of halogens is 1. The van der Waals surface area contributed by atoms with Crippen molar-refractivity contribution in [3.8, 4) is 5.75 Å². The smallest absolute Gasteiger partial charge is 0.191 e. The number of nitrogens with one attached hydrogen (secondary N) is 2. The van der Waals surface area contributed by atoms with Crippen molar-refractivity contribution in [2.45, 2.75) is 33.4 Å². The minimum Gasteiger partial charge on any atom is -0.493 e. The van der Waals surface area contributed by atoms with Gasteiger partial charge in [0.25, 0.3) is 0 Å². The lowest BCUT2D eigenvalue weighted by molar-refractivity contribution is 0.336. The molecule has 2 N–H and O–H groups in total. The average molecular weight is 367 g/mol. The zero-order valence-electron chi connectivity index (χ0n) is 14.2. The van der Waals surface area contributed by atoms with Gasteiger partial charge in [-0.25, -0.2) is 4.98 Å². The topological polar surface area (TPSA) is 58.5 Å². The van der Waals surface area contributed by atoms with Gasteiger partial charge < -0.3 is 15.4 Å². The Hall–Kier alpha value is -1.79. The standard InChI is InChI=1S/C17H23ClN4OS/c1-4-14-10-20-16(24-14)11-22-17(19-3)21-9-12-6-7-13(18)8-15(12)23-5-2/h6-8,10H,4-5,9,11H2,1-3H3,(H2,19,21,22). The van der Waals surface area contributed by atoms with Gasteiger partial charge in [0, 0.05) is 35.3 Å². The van der Waals surface area contributed by atoms with E-state index in [1.807, 2.05) is 31.3 Å². The third-order valence-electron chi connectivity index (χ3n) is 3.36. The predicted molar refractivity (Wildman–Crippen MR) is 101 cm³/mol. The molecule has 0 spiro atoms. The van der Waals surface area contributed by atoms with Crippen molar-refractivity contribution in [1.29, 1.82) is 0 Å². The highest BCUT2D eigenvalue weighted by Crippen LogP contribution is 2.23. The van der Waals surface area contributed by atoms with Crippen molar-refractivity contribution < 1.29 is 4.74 Å². The molecular weight excluding hydrogens is 344 g/mol. The van der Waals surface area contributed by atoms with Crippen LogP contribution in [0.1, 0.15) is 29.3 Å². The Kier molecular flexibility index (Phi) is 7.34. The Morgan fingerprint density at radius 2 is 2.08 bits per heavy atom. The van der Waals surface area contributed by atoms with Gasteiger partial charge in [-0.3, -0.25) is 4.99 Å². The summed E-state index contributed by atoms with van der Waals surface area (Å²) in [7, 11) is 1.75. The molecular formula is C17H23ClN4OS. The molecule has 2 rings (SSSR count). The molecule has 7 heteroatoms. The summed E-state index contributed by atoms with van der Waals surface area (Å²) in [6.07, 6.45) is 2.95. The molecule has 0 fully saturated rings. The SMILES string of the molecule is CCOc1cc(Cl)ccc1CNC(=NC)NCc1ncc(CC)s1. The first-order valence-corrected chi connectivity index (χ1v) is 9.15. The molecule has 24 heavy (non-hydrogen) atoms. The summed E-state index contributed by atoms with van der Waals surface area (Å²) in [4.78, 5) is 9.93. The van der Waals surface area contributed by atoms with E-state index in [2.05, 4.69) is 27.5 Å². The Balaban J connectivity index is 1.91. The highest BCUT2D eigenvalue weighted by molar-refractivity contribution is 7.11. The third kappa shape index (κ3) is 5.39. The van der Waals surface area contributed by atoms with Crippen molar-refractivity contribution in [3.63, 3.8) is 0 Å². The van der Waals surface area contributed by atoms with Gasteiger partial charge in [0.1, 0.15) is 10.8 Å². The molecule has 1 heterocycles. The summed E-state index contributed by atoms with van der Waals surface area (Å²) >= 11 is 7.75. The van der Waals surface area contributed by atoms with Crippen LogP contribution in [-0.4, -0.2) is 24.6 Å². The van der Waals surface area contributed by atoms with Crippen LogP contribution in [-0.2, 0) is 19.5 Å². The Bertz CT molecular complexity index is 687. The van der Waals surface area contributed by atoms with Crippen LogP contribution in [0.25, 0.3) is 0 Å². The quantitative estimate of drug-likeness (QED) is 0.580. The van der Waals surface area contributed by atoms with Crippen molar-refractivity contribution in [2.75, 3.05) is 13.7 Å². The Morgan fingerprint density at radius 1 is 1.29 bits per heavy atom. The maximum atomic E-state index is 6.03. The van der Waals surface area contributed by atoms with Gasteiger partial charge in [-0.15, -0.1) is 11.3 Å². The fourth-order valence-electron chi connectivity index (χ4n) is 2.12. The third-order valence-corrected chi connectivity index (χ3v) is 4.73. The van der Waals surface area contributed by atoms with Crippen molar-refractivity contribution in [3.05, 3.63) is 44.9 Å². The molecule has 0 amide bonds. The normalized spacial score (nSPS) is 11.4. The van der Waals surface area contributed by atoms with Crippen LogP contribution in [0, 0.1) is 0 Å². The Labute approximate surface area is 152 Å². The first kappa shape index (κ1) is 18.5. The molecule has 5 nitrogen and oxygen atoms in total. The van der Waals surface area contributed by atoms with Gasteiger partial charge in [0.15, 0.2) is 5.96 Å². The maximum absolute atomic E-state index is 6.03. The van der Waals surface area contributed by atoms with Gasteiger partial charge in [0.2, 0.25) is 0 Å². The van der Waals surface area contributed by atoms with Crippen molar-refractivity contribution >= 4 is 28.9 Å². The number of aryl methyl sites for hydroxylation is 1. The van der Waals surface area contributed by atoms with E-state index in [-0.39, 0.29) is 0 Å². The summed E-state index contributed by atoms with van der Waals surface area (Å²) in [5.41, 5.74) is 1.03. The zero-order valence-corrected chi connectivity index (χ0v) is 15.8. The molecule has 0 bridgehead atoms. The first-order chi connectivity index (χ1) is 11.7. The van der Waals surface area contributed by atoms with E-state index in [9.17, 15) is 0 Å². The van der Waals surface area contributed by atoms with Gasteiger partial charge >= 0.3 is 0 Å². The number of aliphatic imine (C=N–C) groups is 1. The molecule has 0 saturated heterocycles. The number of ether oxygens (including phenoxy) is 1. The number of nitrogens with zero attached hydrogens (tertiary/aromatic N) is 2. The fourth-order valence-corrected chi connectivity index (χ4v) is 3.08. The second-order valence-electron chi connectivity index (χ2n) is 5.04. The fraction of sp³-hybridized carbons (Fsp3) is 0.412. The minimum absolute atomic E-state index is 0.601. The molecule has 1 aromatic heterocycles. The number of rotatable bonds is 7. The maximum Gasteiger partial charge on any atom is 0.191 e. The molecule has 0 radical (unpaired) electrons. The Morgan fingerprint density at radius 3 is 2.75 bits per heavy atom. The second-order valence-corrected chi connectivity index (χ2v) is 6.67. The highest BCUT2D eigenvalue weighted by atomic mass is 35.5. The molecule has 0 unspecified atom stereocenters. The monoisotopic (exact) mass is 366 g/mol. The van der Waals surface area contributed by atoms with Crippen LogP contribution in [0.4, 0.5) is 0 Å². The second kappa shape index (κ2) is 9.49. The number of hydrogen-bond donors (Lipinski definition) is 2. The van der Waals surface area contributed by atoms with Gasteiger partial charge in [-0.1, -0.05) is 24.6 Å². The van der Waals surface area contributed by atoms with Crippen LogP contribution in [0.15, 0.2) is 29.4 Å². The number of thiazole rings is 1. The molecule has 0 aliphatic heterocycles. The van der Waals surface area contributed by atoms with E-state index in [1.54, 1.807) is 18.4 Å². The number of benzene rings is 1. The molecule has 1 aromatic carbocycles. The molecule has 0 saturated carbocycles. The van der Waals surface area contributed by atoms with E-state index >= 15 is 0 Å². The predicted octanol–water partition coefficient (Wildman–Crippen LogP) is 3.62. The van der Waals surface area contributed by atoms with Crippen LogP contribution < -0.4 is 15.4 Å². The molecule has 130 valence electrons. The van der Waals surface area contributed by atoms with E-state index in [0.717, 1.165) is 28.7 Å². The van der Waals surface area contributed by atoms with Crippen molar-refractivity contribution in [1.82, 2.24) is 15.6 Å². The first-order valence-electron chi connectivity index (χ1n) is 7.95. The summed E-state index contributed by atoms with van der Waals surface area (Å²) < 4.78 is 5.64. The van der Waals surface area contributed by atoms with E-state index in [1.165, 1.54) is 4.88 Å². The molecule has 0 atom stereocenters. The number of guanidine groups is 1. The lowest BCUT2D eigenvalue weighted by Gasteiger charge is -2.14. The summed E-state index contributed by atoms with van der Waals surface area (Å²) in [6, 6.07) is 5.65. The van der Waals surface area contributed by atoms with Crippen LogP contribution in [0.2, 0.25) is 5.02 Å². The van der Waals surface area contributed by atoms with E-state index in [4.69, 9.17) is 16.3 Å². The minimum atomic E-state index is 0.601. The van der Waals surface area contributed by atoms with Gasteiger partial charge in [-0.05, 0) is 25.5 Å². The van der Waals surface area contributed by atoms with Crippen LogP contribution in [0.5, 0.6) is 5.75 Å².